The van der Waals surface area contributed by atoms with Crippen molar-refractivity contribution in [3.63, 3.8) is 0 Å². The summed E-state index contributed by atoms with van der Waals surface area (Å²) in [6, 6.07) is 10.6. The monoisotopic (exact) mass is 386 g/mol. The van der Waals surface area contributed by atoms with E-state index in [0.717, 1.165) is 6.92 Å². The molecule has 0 heterocycles. The first-order valence-corrected chi connectivity index (χ1v) is 10.0. The third-order valence-corrected chi connectivity index (χ3v) is 7.14. The van der Waals surface area contributed by atoms with Gasteiger partial charge in [-0.05, 0) is 42.3 Å². The van der Waals surface area contributed by atoms with Crippen LogP contribution in [0.15, 0.2) is 48.5 Å². The number of benzene rings is 2. The SMILES string of the molecule is CC(C(c1ccc(N)cc1)(c1ccc(N)cc1)S(=O)(=O)O)S(=O)(=O)O. The minimum Gasteiger partial charge on any atom is -0.399 e. The molecule has 0 radical (unpaired) electrons. The van der Waals surface area contributed by atoms with E-state index in [9.17, 15) is 25.9 Å². The molecule has 2 aromatic rings. The highest BCUT2D eigenvalue weighted by Gasteiger charge is 2.55. The standard InChI is InChI=1S/C15H18N2O6S2/c1-10(24(18,19)20)15(25(21,22)23,11-2-6-13(16)7-3-11)12-4-8-14(17)9-5-12/h2-10H,16-17H2,1H3,(H,18,19,20)(H,21,22,23). The normalized spacial score (nSPS) is 14.2. The summed E-state index contributed by atoms with van der Waals surface area (Å²) in [5.41, 5.74) is 11.7. The molecule has 8 nitrogen and oxygen atoms in total. The number of nitrogen functional groups attached to an aromatic ring is 2. The van der Waals surface area contributed by atoms with Crippen LogP contribution in [0.5, 0.6) is 0 Å². The van der Waals surface area contributed by atoms with Crippen molar-refractivity contribution in [2.24, 2.45) is 0 Å². The lowest BCUT2D eigenvalue weighted by Gasteiger charge is -2.35. The number of nitrogens with two attached hydrogens (primary N) is 2. The molecule has 0 aliphatic heterocycles. The Morgan fingerprint density at radius 1 is 0.800 bits per heavy atom. The molecule has 0 aliphatic rings. The van der Waals surface area contributed by atoms with Crippen LogP contribution in [0, 0.1) is 0 Å². The Kier molecular flexibility index (Phi) is 4.83. The number of anilines is 2. The van der Waals surface area contributed by atoms with Crippen LogP contribution in [0.2, 0.25) is 0 Å². The van der Waals surface area contributed by atoms with E-state index in [-0.39, 0.29) is 11.1 Å². The van der Waals surface area contributed by atoms with Gasteiger partial charge in [-0.2, -0.15) is 16.8 Å². The van der Waals surface area contributed by atoms with Gasteiger partial charge in [-0.25, -0.2) is 0 Å². The zero-order valence-corrected chi connectivity index (χ0v) is 14.8. The molecule has 0 spiro atoms. The largest absolute Gasteiger partial charge is 0.399 e. The highest BCUT2D eigenvalue weighted by atomic mass is 32.2. The lowest BCUT2D eigenvalue weighted by molar-refractivity contribution is 0.418. The Morgan fingerprint density at radius 3 is 1.36 bits per heavy atom. The first-order valence-electron chi connectivity index (χ1n) is 7.06. The van der Waals surface area contributed by atoms with Crippen LogP contribution in [0.4, 0.5) is 11.4 Å². The summed E-state index contributed by atoms with van der Waals surface area (Å²) in [6.45, 7) is 0.996. The van der Waals surface area contributed by atoms with Crippen LogP contribution in [0.3, 0.4) is 0 Å². The Labute approximate surface area is 146 Å². The van der Waals surface area contributed by atoms with Crippen molar-refractivity contribution in [1.82, 2.24) is 0 Å². The average Bonchev–Trinajstić information content (AvgIpc) is 2.49. The van der Waals surface area contributed by atoms with Gasteiger partial charge in [0.2, 0.25) is 0 Å². The molecule has 1 unspecified atom stereocenters. The predicted molar refractivity (Wildman–Crippen MR) is 95.0 cm³/mol. The van der Waals surface area contributed by atoms with E-state index in [1.54, 1.807) is 0 Å². The molecule has 10 heteroatoms. The quantitative estimate of drug-likeness (QED) is 0.441. The summed E-state index contributed by atoms with van der Waals surface area (Å²) in [6.07, 6.45) is 0. The molecule has 2 rings (SSSR count). The van der Waals surface area contributed by atoms with Crippen LogP contribution >= 0.6 is 0 Å². The topological polar surface area (TPSA) is 161 Å². The van der Waals surface area contributed by atoms with Crippen LogP contribution in [-0.2, 0) is 25.0 Å². The van der Waals surface area contributed by atoms with E-state index in [1.165, 1.54) is 48.5 Å². The second-order valence-corrected chi connectivity index (χ2v) is 8.94. The Hall–Kier alpha value is -2.14. The number of hydrogen-bond acceptors (Lipinski definition) is 6. The molecule has 0 aliphatic carbocycles. The minimum atomic E-state index is -5.06. The molecule has 1 atom stereocenters. The fraction of sp³-hybridized carbons (Fsp3) is 0.200. The fourth-order valence-corrected chi connectivity index (χ4v) is 5.52. The molecule has 6 N–H and O–H groups in total. The highest BCUT2D eigenvalue weighted by molar-refractivity contribution is 7.91. The fourth-order valence-electron chi connectivity index (χ4n) is 2.81. The molecule has 0 saturated heterocycles. The van der Waals surface area contributed by atoms with E-state index in [1.807, 2.05) is 0 Å². The Morgan fingerprint density at radius 2 is 1.12 bits per heavy atom. The molecular formula is C15H18N2O6S2. The van der Waals surface area contributed by atoms with Crippen LogP contribution in [0.1, 0.15) is 18.1 Å². The van der Waals surface area contributed by atoms with Gasteiger partial charge in [0, 0.05) is 11.4 Å². The summed E-state index contributed by atoms with van der Waals surface area (Å²) in [5, 5.41) is -1.91. The van der Waals surface area contributed by atoms with Gasteiger partial charge >= 0.3 is 0 Å². The van der Waals surface area contributed by atoms with E-state index in [4.69, 9.17) is 11.5 Å². The molecule has 0 saturated carbocycles. The zero-order valence-electron chi connectivity index (χ0n) is 13.2. The number of hydrogen-bond donors (Lipinski definition) is 4. The van der Waals surface area contributed by atoms with Crippen LogP contribution < -0.4 is 11.5 Å². The third-order valence-electron chi connectivity index (χ3n) is 4.11. The maximum absolute atomic E-state index is 12.4. The van der Waals surface area contributed by atoms with Crippen molar-refractivity contribution < 1.29 is 25.9 Å². The average molecular weight is 386 g/mol. The molecule has 25 heavy (non-hydrogen) atoms. The summed E-state index contributed by atoms with van der Waals surface area (Å²) >= 11 is 0. The van der Waals surface area contributed by atoms with Gasteiger partial charge in [-0.15, -0.1) is 0 Å². The molecule has 0 amide bonds. The van der Waals surface area contributed by atoms with Crippen molar-refractivity contribution in [2.45, 2.75) is 16.9 Å². The summed E-state index contributed by atoms with van der Waals surface area (Å²) < 4.78 is 65.7. The van der Waals surface area contributed by atoms with Crippen molar-refractivity contribution in [3.8, 4) is 0 Å². The van der Waals surface area contributed by atoms with Crippen molar-refractivity contribution in [2.75, 3.05) is 11.5 Å². The molecular weight excluding hydrogens is 368 g/mol. The lowest BCUT2D eigenvalue weighted by atomic mass is 9.87. The van der Waals surface area contributed by atoms with Gasteiger partial charge in [0.25, 0.3) is 20.2 Å². The summed E-state index contributed by atoms with van der Waals surface area (Å²) in [7, 11) is -9.92. The lowest BCUT2D eigenvalue weighted by Crippen LogP contribution is -2.49. The zero-order chi connectivity index (χ0) is 19.0. The molecule has 0 aromatic heterocycles. The first kappa shape index (κ1) is 19.2. The van der Waals surface area contributed by atoms with E-state index >= 15 is 0 Å². The van der Waals surface area contributed by atoms with E-state index in [0.29, 0.717) is 11.4 Å². The molecule has 0 fully saturated rings. The van der Waals surface area contributed by atoms with Gasteiger partial charge in [0.05, 0.1) is 0 Å². The van der Waals surface area contributed by atoms with E-state index in [2.05, 4.69) is 0 Å². The highest BCUT2D eigenvalue weighted by Crippen LogP contribution is 2.43. The Bertz CT molecular complexity index is 922. The van der Waals surface area contributed by atoms with E-state index < -0.39 is 30.2 Å². The second-order valence-electron chi connectivity index (χ2n) is 5.61. The van der Waals surface area contributed by atoms with Crippen molar-refractivity contribution in [1.29, 1.82) is 0 Å². The first-order chi connectivity index (χ1) is 11.4. The maximum Gasteiger partial charge on any atom is 0.280 e. The van der Waals surface area contributed by atoms with Gasteiger partial charge in [0.15, 0.2) is 4.75 Å². The molecule has 0 bridgehead atoms. The van der Waals surface area contributed by atoms with Gasteiger partial charge in [-0.3, -0.25) is 9.11 Å². The second kappa shape index (κ2) is 6.30. The predicted octanol–water partition coefficient (Wildman–Crippen LogP) is 1.26. The minimum absolute atomic E-state index is 0.0703. The van der Waals surface area contributed by atoms with Crippen molar-refractivity contribution >= 4 is 31.6 Å². The molecule has 136 valence electrons. The molecule has 2 aromatic carbocycles. The van der Waals surface area contributed by atoms with Gasteiger partial charge in [0.1, 0.15) is 5.25 Å². The van der Waals surface area contributed by atoms with Gasteiger partial charge in [-0.1, -0.05) is 24.3 Å². The smallest absolute Gasteiger partial charge is 0.280 e. The third kappa shape index (κ3) is 3.33. The van der Waals surface area contributed by atoms with Gasteiger partial charge < -0.3 is 11.5 Å². The van der Waals surface area contributed by atoms with Crippen molar-refractivity contribution in [3.05, 3.63) is 59.7 Å². The van der Waals surface area contributed by atoms with Crippen LogP contribution in [0.25, 0.3) is 0 Å². The maximum atomic E-state index is 12.4. The summed E-state index contributed by atoms with van der Waals surface area (Å²) in [4.78, 5) is 0. The Balaban J connectivity index is 2.98. The van der Waals surface area contributed by atoms with Crippen LogP contribution in [-0.4, -0.2) is 31.2 Å². The summed E-state index contributed by atoms with van der Waals surface area (Å²) in [5.74, 6) is 0. The number of rotatable bonds is 5.